The molecule has 32 heavy (non-hydrogen) atoms. The summed E-state index contributed by atoms with van der Waals surface area (Å²) in [6, 6.07) is 12.6. The maximum absolute atomic E-state index is 13.1. The average Bonchev–Trinajstić information content (AvgIpc) is 3.26. The zero-order valence-electron chi connectivity index (χ0n) is 18.7. The monoisotopic (exact) mass is 434 g/mol. The number of H-pyrrole nitrogens is 1. The molecule has 2 aromatic carbocycles. The number of carboxylic acid groups (broad SMARTS) is 1. The van der Waals surface area contributed by atoms with Crippen LogP contribution >= 0.6 is 0 Å². The van der Waals surface area contributed by atoms with Gasteiger partial charge in [-0.1, -0.05) is 44.2 Å². The molecule has 7 heteroatoms. The smallest absolute Gasteiger partial charge is 0.326 e. The summed E-state index contributed by atoms with van der Waals surface area (Å²) in [6.45, 7) is 7.14. The number of imidazole rings is 1. The highest BCUT2D eigenvalue weighted by Crippen LogP contribution is 2.28. The van der Waals surface area contributed by atoms with E-state index in [0.717, 1.165) is 27.9 Å². The standard InChI is InChI=1S/C25H30N4O3/c1-16(2)10-23(25(31)32)29-24(30)21-9-8-18(12-26-13-19-14-27-15-28-19)11-22(21)20-7-5-4-6-17(20)3/h4-9,11,14-16,23,26H,10,12-13H2,1-3H3,(H,27,28)(H,29,30)(H,31,32)/t23-/m1/s1. The largest absolute Gasteiger partial charge is 0.480 e. The first kappa shape index (κ1) is 23.2. The van der Waals surface area contributed by atoms with E-state index in [2.05, 4.69) is 20.6 Å². The zero-order valence-corrected chi connectivity index (χ0v) is 18.7. The van der Waals surface area contributed by atoms with E-state index in [1.54, 1.807) is 18.6 Å². The summed E-state index contributed by atoms with van der Waals surface area (Å²) in [4.78, 5) is 31.8. The Balaban J connectivity index is 1.88. The van der Waals surface area contributed by atoms with Gasteiger partial charge in [0.2, 0.25) is 0 Å². The van der Waals surface area contributed by atoms with E-state index in [9.17, 15) is 14.7 Å². The van der Waals surface area contributed by atoms with E-state index >= 15 is 0 Å². The number of nitrogens with one attached hydrogen (secondary N) is 3. The van der Waals surface area contributed by atoms with E-state index < -0.39 is 12.0 Å². The second kappa shape index (κ2) is 10.7. The number of carbonyl (C=O) groups is 2. The van der Waals surface area contributed by atoms with Crippen LogP contribution in [-0.4, -0.2) is 33.0 Å². The Hall–Kier alpha value is -3.45. The fourth-order valence-electron chi connectivity index (χ4n) is 3.65. The third-order valence-electron chi connectivity index (χ3n) is 5.27. The van der Waals surface area contributed by atoms with Crippen molar-refractivity contribution in [3.05, 3.63) is 77.4 Å². The summed E-state index contributed by atoms with van der Waals surface area (Å²) in [5.74, 6) is -1.26. The Labute approximate surface area is 188 Å². The van der Waals surface area contributed by atoms with Crippen LogP contribution in [-0.2, 0) is 17.9 Å². The molecule has 0 aliphatic carbocycles. The highest BCUT2D eigenvalue weighted by atomic mass is 16.4. The maximum atomic E-state index is 13.1. The van der Waals surface area contributed by atoms with Crippen molar-refractivity contribution in [2.24, 2.45) is 5.92 Å². The Morgan fingerprint density at radius 1 is 1.09 bits per heavy atom. The number of aromatic amines is 1. The number of hydrogen-bond donors (Lipinski definition) is 4. The number of carbonyl (C=O) groups excluding carboxylic acids is 1. The van der Waals surface area contributed by atoms with Crippen LogP contribution in [0.3, 0.4) is 0 Å². The number of aryl methyl sites for hydroxylation is 1. The Morgan fingerprint density at radius 3 is 2.53 bits per heavy atom. The maximum Gasteiger partial charge on any atom is 0.326 e. The highest BCUT2D eigenvalue weighted by Gasteiger charge is 2.23. The van der Waals surface area contributed by atoms with Crippen LogP contribution in [0.1, 0.15) is 47.4 Å². The summed E-state index contributed by atoms with van der Waals surface area (Å²) >= 11 is 0. The van der Waals surface area contributed by atoms with Gasteiger partial charge in [-0.25, -0.2) is 9.78 Å². The van der Waals surface area contributed by atoms with Gasteiger partial charge in [-0.05, 0) is 53.6 Å². The molecule has 7 nitrogen and oxygen atoms in total. The SMILES string of the molecule is Cc1ccccc1-c1cc(CNCc2cnc[nH]2)ccc1C(=O)N[C@H](CC(C)C)C(=O)O. The first-order valence-electron chi connectivity index (χ1n) is 10.8. The Bertz CT molecular complexity index is 1060. The molecule has 4 N–H and O–H groups in total. The molecule has 3 rings (SSSR count). The van der Waals surface area contributed by atoms with Gasteiger partial charge in [0, 0.05) is 30.5 Å². The molecule has 0 saturated carbocycles. The normalized spacial score (nSPS) is 12.0. The molecule has 0 fully saturated rings. The molecule has 3 aromatic rings. The second-order valence-corrected chi connectivity index (χ2v) is 8.37. The third-order valence-corrected chi connectivity index (χ3v) is 5.27. The third kappa shape index (κ3) is 6.04. The Morgan fingerprint density at radius 2 is 1.88 bits per heavy atom. The van der Waals surface area contributed by atoms with Crippen molar-refractivity contribution in [3.63, 3.8) is 0 Å². The fourth-order valence-corrected chi connectivity index (χ4v) is 3.65. The van der Waals surface area contributed by atoms with Crippen molar-refractivity contribution in [3.8, 4) is 11.1 Å². The van der Waals surface area contributed by atoms with Crippen molar-refractivity contribution < 1.29 is 14.7 Å². The van der Waals surface area contributed by atoms with Crippen molar-refractivity contribution in [2.75, 3.05) is 0 Å². The molecule has 0 radical (unpaired) electrons. The first-order valence-corrected chi connectivity index (χ1v) is 10.8. The van der Waals surface area contributed by atoms with E-state index in [0.29, 0.717) is 25.1 Å². The molecule has 0 aliphatic heterocycles. The van der Waals surface area contributed by atoms with Gasteiger partial charge in [0.1, 0.15) is 6.04 Å². The van der Waals surface area contributed by atoms with Crippen molar-refractivity contribution >= 4 is 11.9 Å². The summed E-state index contributed by atoms with van der Waals surface area (Å²) in [5.41, 5.74) is 5.26. The lowest BCUT2D eigenvalue weighted by Crippen LogP contribution is -2.41. The van der Waals surface area contributed by atoms with Gasteiger partial charge in [0.15, 0.2) is 0 Å². The summed E-state index contributed by atoms with van der Waals surface area (Å²) in [7, 11) is 0. The summed E-state index contributed by atoms with van der Waals surface area (Å²) < 4.78 is 0. The number of hydrogen-bond acceptors (Lipinski definition) is 4. The number of benzene rings is 2. The van der Waals surface area contributed by atoms with Gasteiger partial charge in [-0.3, -0.25) is 4.79 Å². The molecular weight excluding hydrogens is 404 g/mol. The lowest BCUT2D eigenvalue weighted by atomic mass is 9.93. The second-order valence-electron chi connectivity index (χ2n) is 8.37. The molecule has 1 aromatic heterocycles. The van der Waals surface area contributed by atoms with Crippen LogP contribution in [0.15, 0.2) is 55.0 Å². The predicted octanol–water partition coefficient (Wildman–Crippen LogP) is 3.90. The molecule has 0 unspecified atom stereocenters. The van der Waals surface area contributed by atoms with Crippen LogP contribution in [0.2, 0.25) is 0 Å². The minimum atomic E-state index is -1.02. The Kier molecular flexibility index (Phi) is 7.78. The first-order chi connectivity index (χ1) is 15.3. The molecule has 168 valence electrons. The number of aliphatic carboxylic acids is 1. The van der Waals surface area contributed by atoms with Gasteiger partial charge in [-0.2, -0.15) is 0 Å². The van der Waals surface area contributed by atoms with Crippen LogP contribution in [0.5, 0.6) is 0 Å². The van der Waals surface area contributed by atoms with Gasteiger partial charge < -0.3 is 20.7 Å². The lowest BCUT2D eigenvalue weighted by molar-refractivity contribution is -0.139. The molecule has 0 bridgehead atoms. The van der Waals surface area contributed by atoms with Gasteiger partial charge in [0.05, 0.1) is 6.33 Å². The van der Waals surface area contributed by atoms with E-state index in [1.165, 1.54) is 0 Å². The minimum Gasteiger partial charge on any atom is -0.480 e. The quantitative estimate of drug-likeness (QED) is 0.387. The summed E-state index contributed by atoms with van der Waals surface area (Å²) in [6.07, 6.45) is 3.79. The van der Waals surface area contributed by atoms with E-state index in [-0.39, 0.29) is 11.8 Å². The van der Waals surface area contributed by atoms with Gasteiger partial charge in [0.25, 0.3) is 5.91 Å². The molecule has 1 atom stereocenters. The summed E-state index contributed by atoms with van der Waals surface area (Å²) in [5, 5.41) is 15.6. The van der Waals surface area contributed by atoms with Crippen molar-refractivity contribution in [1.82, 2.24) is 20.6 Å². The number of amides is 1. The van der Waals surface area contributed by atoms with E-state index in [4.69, 9.17) is 0 Å². The molecule has 1 amide bonds. The van der Waals surface area contributed by atoms with Crippen LogP contribution in [0.25, 0.3) is 11.1 Å². The minimum absolute atomic E-state index is 0.149. The predicted molar refractivity (Wildman–Crippen MR) is 124 cm³/mol. The molecule has 0 aliphatic rings. The van der Waals surface area contributed by atoms with Gasteiger partial charge >= 0.3 is 5.97 Å². The van der Waals surface area contributed by atoms with Crippen molar-refractivity contribution in [1.29, 1.82) is 0 Å². The fraction of sp³-hybridized carbons (Fsp3) is 0.320. The highest BCUT2D eigenvalue weighted by molar-refractivity contribution is 6.02. The number of aromatic nitrogens is 2. The average molecular weight is 435 g/mol. The lowest BCUT2D eigenvalue weighted by Gasteiger charge is -2.19. The molecular formula is C25H30N4O3. The topological polar surface area (TPSA) is 107 Å². The van der Waals surface area contributed by atoms with Crippen LogP contribution in [0.4, 0.5) is 0 Å². The van der Waals surface area contributed by atoms with E-state index in [1.807, 2.05) is 57.2 Å². The number of carboxylic acids is 1. The molecule has 1 heterocycles. The van der Waals surface area contributed by atoms with Crippen LogP contribution < -0.4 is 10.6 Å². The zero-order chi connectivity index (χ0) is 23.1. The number of nitrogens with zero attached hydrogens (tertiary/aromatic N) is 1. The molecule has 0 saturated heterocycles. The van der Waals surface area contributed by atoms with Gasteiger partial charge in [-0.15, -0.1) is 0 Å². The number of rotatable bonds is 10. The van der Waals surface area contributed by atoms with Crippen molar-refractivity contribution in [2.45, 2.75) is 46.3 Å². The van der Waals surface area contributed by atoms with Crippen LogP contribution in [0, 0.1) is 12.8 Å². The molecule has 0 spiro atoms.